The van der Waals surface area contributed by atoms with Gasteiger partial charge in [0.2, 0.25) is 5.91 Å². The van der Waals surface area contributed by atoms with Crippen LogP contribution in [0.3, 0.4) is 0 Å². The van der Waals surface area contributed by atoms with E-state index in [1.807, 2.05) is 0 Å². The Morgan fingerprint density at radius 1 is 1.35 bits per heavy atom. The first-order chi connectivity index (χ1) is 7.82. The van der Waals surface area contributed by atoms with E-state index in [2.05, 4.69) is 5.32 Å². The van der Waals surface area contributed by atoms with E-state index in [4.69, 9.17) is 5.73 Å². The van der Waals surface area contributed by atoms with Gasteiger partial charge in [0, 0.05) is 12.1 Å². The number of benzene rings is 1. The van der Waals surface area contributed by atoms with Crippen LogP contribution in [0.1, 0.15) is 19.4 Å². The van der Waals surface area contributed by atoms with Gasteiger partial charge in [0.15, 0.2) is 0 Å². The summed E-state index contributed by atoms with van der Waals surface area (Å²) in [5, 5.41) is 2.53. The van der Waals surface area contributed by atoms with Crippen LogP contribution < -0.4 is 11.1 Å². The minimum absolute atomic E-state index is 0.0253. The minimum atomic E-state index is -0.992. The Morgan fingerprint density at radius 3 is 2.35 bits per heavy atom. The number of halogens is 2. The second-order valence-corrected chi connectivity index (χ2v) is 4.43. The first-order valence-electron chi connectivity index (χ1n) is 5.32. The van der Waals surface area contributed by atoms with Crippen molar-refractivity contribution >= 4 is 5.91 Å². The molecule has 1 aromatic carbocycles. The molecule has 0 bridgehead atoms. The molecule has 0 spiro atoms. The normalized spacial score (nSPS) is 11.4. The van der Waals surface area contributed by atoms with Gasteiger partial charge in [-0.05, 0) is 32.4 Å². The summed E-state index contributed by atoms with van der Waals surface area (Å²) in [4.78, 5) is 11.4. The lowest BCUT2D eigenvalue weighted by Gasteiger charge is -2.17. The van der Waals surface area contributed by atoms with E-state index in [-0.39, 0.29) is 24.4 Å². The molecule has 5 heteroatoms. The van der Waals surface area contributed by atoms with Crippen molar-refractivity contribution in [3.8, 4) is 0 Å². The summed E-state index contributed by atoms with van der Waals surface area (Å²) in [5.74, 6) is -1.56. The first kappa shape index (κ1) is 13.6. The fourth-order valence-electron chi connectivity index (χ4n) is 1.30. The van der Waals surface area contributed by atoms with E-state index in [1.54, 1.807) is 13.8 Å². The Bertz CT molecular complexity index is 393. The number of hydrogen-bond donors (Lipinski definition) is 2. The van der Waals surface area contributed by atoms with Gasteiger partial charge in [-0.25, -0.2) is 8.78 Å². The van der Waals surface area contributed by atoms with Crippen molar-refractivity contribution in [2.24, 2.45) is 5.73 Å². The highest BCUT2D eigenvalue weighted by atomic mass is 19.1. The molecule has 1 amide bonds. The summed E-state index contributed by atoms with van der Waals surface area (Å²) in [7, 11) is 0. The van der Waals surface area contributed by atoms with Crippen molar-refractivity contribution in [2.45, 2.75) is 25.8 Å². The van der Waals surface area contributed by atoms with Crippen LogP contribution in [-0.2, 0) is 11.2 Å². The molecule has 0 aromatic heterocycles. The molecule has 3 nitrogen and oxygen atoms in total. The van der Waals surface area contributed by atoms with Gasteiger partial charge >= 0.3 is 0 Å². The van der Waals surface area contributed by atoms with Crippen LogP contribution in [0.4, 0.5) is 8.78 Å². The third-order valence-corrected chi connectivity index (χ3v) is 2.31. The molecule has 0 aliphatic heterocycles. The monoisotopic (exact) mass is 242 g/mol. The zero-order chi connectivity index (χ0) is 13.1. The lowest BCUT2D eigenvalue weighted by molar-refractivity contribution is -0.125. The molecule has 94 valence electrons. The predicted octanol–water partition coefficient (Wildman–Crippen LogP) is 1.36. The lowest BCUT2D eigenvalue weighted by atomic mass is 10.1. The number of rotatable bonds is 4. The largest absolute Gasteiger partial charge is 0.354 e. The van der Waals surface area contributed by atoms with Crippen LogP contribution in [0.25, 0.3) is 0 Å². The predicted molar refractivity (Wildman–Crippen MR) is 61.3 cm³/mol. The van der Waals surface area contributed by atoms with Crippen LogP contribution in [0.15, 0.2) is 18.2 Å². The average Bonchev–Trinajstić information content (AvgIpc) is 2.20. The summed E-state index contributed by atoms with van der Waals surface area (Å²) < 4.78 is 26.5. The van der Waals surface area contributed by atoms with Crippen LogP contribution in [-0.4, -0.2) is 18.0 Å². The molecule has 0 heterocycles. The number of amides is 1. The van der Waals surface area contributed by atoms with Gasteiger partial charge in [0.05, 0.1) is 5.54 Å². The Kier molecular flexibility index (Phi) is 4.17. The topological polar surface area (TPSA) is 55.1 Å². The number of hydrogen-bond acceptors (Lipinski definition) is 2. The number of nitrogens with one attached hydrogen (secondary N) is 1. The molecule has 17 heavy (non-hydrogen) atoms. The van der Waals surface area contributed by atoms with Crippen molar-refractivity contribution in [3.05, 3.63) is 35.4 Å². The fraction of sp³-hybridized carbons (Fsp3) is 0.417. The molecule has 0 saturated carbocycles. The summed E-state index contributed by atoms with van der Waals surface area (Å²) in [6.07, 6.45) is 0.0975. The first-order valence-corrected chi connectivity index (χ1v) is 5.32. The van der Waals surface area contributed by atoms with Gasteiger partial charge in [-0.15, -0.1) is 0 Å². The molecule has 3 N–H and O–H groups in total. The maximum atomic E-state index is 13.2. The highest BCUT2D eigenvalue weighted by Crippen LogP contribution is 2.12. The van der Waals surface area contributed by atoms with Crippen LogP contribution in [0.5, 0.6) is 0 Å². The molecule has 0 saturated heterocycles. The fourth-order valence-corrected chi connectivity index (χ4v) is 1.30. The highest BCUT2D eigenvalue weighted by molar-refractivity contribution is 5.84. The van der Waals surface area contributed by atoms with E-state index >= 15 is 0 Å². The van der Waals surface area contributed by atoms with Crippen molar-refractivity contribution in [3.63, 3.8) is 0 Å². The highest BCUT2D eigenvalue weighted by Gasteiger charge is 2.21. The Balaban J connectivity index is 2.55. The molecule has 0 unspecified atom stereocenters. The quantitative estimate of drug-likeness (QED) is 0.837. The number of carbonyl (C=O) groups is 1. The summed E-state index contributed by atoms with van der Waals surface area (Å²) >= 11 is 0. The molecule has 0 aliphatic rings. The molecule has 0 radical (unpaired) electrons. The SMILES string of the molecule is CC(C)(N)C(=O)NCCc1c(F)cccc1F. The van der Waals surface area contributed by atoms with E-state index < -0.39 is 17.2 Å². The minimum Gasteiger partial charge on any atom is -0.354 e. The summed E-state index contributed by atoms with van der Waals surface area (Å²) in [5.41, 5.74) is 4.54. The number of nitrogens with two attached hydrogens (primary N) is 1. The third-order valence-electron chi connectivity index (χ3n) is 2.31. The zero-order valence-corrected chi connectivity index (χ0v) is 9.89. The van der Waals surface area contributed by atoms with Gasteiger partial charge in [-0.1, -0.05) is 6.07 Å². The second kappa shape index (κ2) is 5.23. The van der Waals surface area contributed by atoms with Gasteiger partial charge in [0.1, 0.15) is 11.6 Å². The Labute approximate surface area is 99.0 Å². The Morgan fingerprint density at radius 2 is 1.88 bits per heavy atom. The van der Waals surface area contributed by atoms with Gasteiger partial charge < -0.3 is 11.1 Å². The van der Waals surface area contributed by atoms with Crippen LogP contribution in [0.2, 0.25) is 0 Å². The smallest absolute Gasteiger partial charge is 0.239 e. The molecule has 1 rings (SSSR count). The van der Waals surface area contributed by atoms with Gasteiger partial charge in [-0.3, -0.25) is 4.79 Å². The third kappa shape index (κ3) is 3.78. The molecule has 0 fully saturated rings. The Hall–Kier alpha value is -1.49. The zero-order valence-electron chi connectivity index (χ0n) is 9.89. The molecule has 0 atom stereocenters. The molecule has 0 aliphatic carbocycles. The van der Waals surface area contributed by atoms with Crippen LogP contribution >= 0.6 is 0 Å². The second-order valence-electron chi connectivity index (χ2n) is 4.43. The van der Waals surface area contributed by atoms with Gasteiger partial charge in [-0.2, -0.15) is 0 Å². The van der Waals surface area contributed by atoms with Crippen molar-refractivity contribution in [2.75, 3.05) is 6.54 Å². The maximum Gasteiger partial charge on any atom is 0.239 e. The summed E-state index contributed by atoms with van der Waals surface area (Å²) in [6, 6.07) is 3.68. The van der Waals surface area contributed by atoms with E-state index in [0.29, 0.717) is 0 Å². The average molecular weight is 242 g/mol. The van der Waals surface area contributed by atoms with E-state index in [9.17, 15) is 13.6 Å². The van der Waals surface area contributed by atoms with E-state index in [0.717, 1.165) is 0 Å². The molecule has 1 aromatic rings. The maximum absolute atomic E-state index is 13.2. The van der Waals surface area contributed by atoms with Crippen LogP contribution in [0, 0.1) is 11.6 Å². The molecular formula is C12H16F2N2O. The summed E-state index contributed by atoms with van der Waals surface area (Å²) in [6.45, 7) is 3.27. The van der Waals surface area contributed by atoms with Crippen molar-refractivity contribution in [1.82, 2.24) is 5.32 Å². The number of carbonyl (C=O) groups excluding carboxylic acids is 1. The van der Waals surface area contributed by atoms with Gasteiger partial charge in [0.25, 0.3) is 0 Å². The van der Waals surface area contributed by atoms with E-state index in [1.165, 1.54) is 18.2 Å². The van der Waals surface area contributed by atoms with Crippen molar-refractivity contribution in [1.29, 1.82) is 0 Å². The molecular weight excluding hydrogens is 226 g/mol. The standard InChI is InChI=1S/C12H16F2N2O/c1-12(2,15)11(17)16-7-6-8-9(13)4-3-5-10(8)14/h3-5H,6-7,15H2,1-2H3,(H,16,17). The van der Waals surface area contributed by atoms with Crippen molar-refractivity contribution < 1.29 is 13.6 Å². The lowest BCUT2D eigenvalue weighted by Crippen LogP contribution is -2.49.